The quantitative estimate of drug-likeness (QED) is 0.212. The predicted molar refractivity (Wildman–Crippen MR) is 151 cm³/mol. The molecular formula is C31H36F3N3O4. The van der Waals surface area contributed by atoms with Gasteiger partial charge in [0.2, 0.25) is 5.91 Å². The van der Waals surface area contributed by atoms with Gasteiger partial charge in [-0.15, -0.1) is 0 Å². The Kier molecular flexibility index (Phi) is 10.3. The van der Waals surface area contributed by atoms with E-state index < -0.39 is 23.7 Å². The smallest absolute Gasteiger partial charge is 0.416 e. The molecule has 0 radical (unpaired) electrons. The minimum absolute atomic E-state index is 0.0750. The zero-order valence-corrected chi connectivity index (χ0v) is 23.1. The number of benzene rings is 2. The normalized spacial score (nSPS) is 14.7. The van der Waals surface area contributed by atoms with Crippen LogP contribution in [0.3, 0.4) is 0 Å². The molecule has 2 aromatic carbocycles. The number of hydrogen-bond donors (Lipinski definition) is 3. The van der Waals surface area contributed by atoms with Gasteiger partial charge in [-0.1, -0.05) is 44.2 Å². The highest BCUT2D eigenvalue weighted by atomic mass is 19.4. The summed E-state index contributed by atoms with van der Waals surface area (Å²) in [7, 11) is 1.60. The first kappa shape index (κ1) is 30.0. The highest BCUT2D eigenvalue weighted by molar-refractivity contribution is 5.96. The van der Waals surface area contributed by atoms with E-state index in [0.717, 1.165) is 42.8 Å². The average Bonchev–Trinajstić information content (AvgIpc) is 3.48. The largest absolute Gasteiger partial charge is 0.497 e. The van der Waals surface area contributed by atoms with Crippen molar-refractivity contribution in [1.82, 2.24) is 10.6 Å². The van der Waals surface area contributed by atoms with E-state index in [1.54, 1.807) is 7.11 Å². The van der Waals surface area contributed by atoms with Gasteiger partial charge in [0.1, 0.15) is 17.6 Å². The third-order valence-corrected chi connectivity index (χ3v) is 7.36. The second kappa shape index (κ2) is 14.1. The number of furan rings is 1. The minimum atomic E-state index is -4.49. The van der Waals surface area contributed by atoms with Crippen LogP contribution in [-0.4, -0.2) is 38.1 Å². The van der Waals surface area contributed by atoms with Crippen LogP contribution in [0.4, 0.5) is 18.9 Å². The predicted octanol–water partition coefficient (Wildman–Crippen LogP) is 6.66. The van der Waals surface area contributed by atoms with Crippen molar-refractivity contribution in [1.29, 1.82) is 0 Å². The lowest BCUT2D eigenvalue weighted by Crippen LogP contribution is -2.47. The van der Waals surface area contributed by atoms with Crippen molar-refractivity contribution in [3.8, 4) is 17.1 Å². The lowest BCUT2D eigenvalue weighted by atomic mass is 9.85. The number of alkyl halides is 3. The molecule has 1 atom stereocenters. The number of ether oxygens (including phenoxy) is 1. The molecule has 0 saturated heterocycles. The Labute approximate surface area is 237 Å². The Hall–Kier alpha value is -3.95. The number of methoxy groups -OCH3 is 1. The van der Waals surface area contributed by atoms with Crippen LogP contribution in [0, 0.1) is 5.92 Å². The van der Waals surface area contributed by atoms with Gasteiger partial charge in [0, 0.05) is 24.3 Å². The fourth-order valence-electron chi connectivity index (χ4n) is 5.06. The van der Waals surface area contributed by atoms with E-state index in [2.05, 4.69) is 16.0 Å². The summed E-state index contributed by atoms with van der Waals surface area (Å²) in [4.78, 5) is 26.2. The molecule has 1 aliphatic carbocycles. The van der Waals surface area contributed by atoms with Gasteiger partial charge in [-0.2, -0.15) is 13.2 Å². The number of nitrogens with one attached hydrogen (secondary N) is 3. The van der Waals surface area contributed by atoms with Crippen LogP contribution in [0.25, 0.3) is 11.3 Å². The first-order valence-electron chi connectivity index (χ1n) is 14.0. The summed E-state index contributed by atoms with van der Waals surface area (Å²) < 4.78 is 50.1. The van der Waals surface area contributed by atoms with Gasteiger partial charge < -0.3 is 25.1 Å². The van der Waals surface area contributed by atoms with Gasteiger partial charge >= 0.3 is 6.18 Å². The molecule has 0 bridgehead atoms. The molecule has 4 rings (SSSR count). The molecule has 10 heteroatoms. The van der Waals surface area contributed by atoms with Crippen molar-refractivity contribution in [2.45, 2.75) is 57.2 Å². The second-order valence-electron chi connectivity index (χ2n) is 10.3. The maximum Gasteiger partial charge on any atom is 0.416 e. The first-order chi connectivity index (χ1) is 19.7. The van der Waals surface area contributed by atoms with Crippen molar-refractivity contribution in [2.75, 3.05) is 25.5 Å². The molecule has 220 valence electrons. The Bertz CT molecular complexity index is 1280. The number of carbonyl (C=O) groups is 2. The molecule has 2 amide bonds. The zero-order chi connectivity index (χ0) is 29.2. The molecule has 1 saturated carbocycles. The summed E-state index contributed by atoms with van der Waals surface area (Å²) in [6.07, 6.45) is 2.62. The van der Waals surface area contributed by atoms with Crippen molar-refractivity contribution >= 4 is 17.5 Å². The van der Waals surface area contributed by atoms with Crippen LogP contribution in [0.5, 0.6) is 5.75 Å². The van der Waals surface area contributed by atoms with Gasteiger partial charge in [0.15, 0.2) is 5.76 Å². The number of amides is 2. The average molecular weight is 572 g/mol. The van der Waals surface area contributed by atoms with Crippen molar-refractivity contribution in [3.05, 3.63) is 72.0 Å². The summed E-state index contributed by atoms with van der Waals surface area (Å²) in [5.74, 6) is 0.435. The molecule has 7 nitrogen and oxygen atoms in total. The number of rotatable bonds is 12. The van der Waals surface area contributed by atoms with Gasteiger partial charge in [-0.25, -0.2) is 0 Å². The standard InChI is InChI=1S/C31H36F3N3O4/c1-40-25-13-11-24(12-14-25)35-18-19-36-29(38)26(15-10-21-6-3-2-4-7-21)37-30(39)28-17-16-27(41-28)22-8-5-9-23(20-22)31(32,33)34/h5,8-9,11-14,16-17,20-21,26,35H,2-4,6-7,10,15,18-19H2,1H3,(H,36,38)(H,37,39)/t26-/m0/s1. The lowest BCUT2D eigenvalue weighted by Gasteiger charge is -2.24. The van der Waals surface area contributed by atoms with Crippen LogP contribution >= 0.6 is 0 Å². The van der Waals surface area contributed by atoms with Gasteiger partial charge in [-0.05, 0) is 67.3 Å². The molecule has 1 heterocycles. The Balaban J connectivity index is 1.37. The third kappa shape index (κ3) is 8.77. The van der Waals surface area contributed by atoms with E-state index in [4.69, 9.17) is 9.15 Å². The number of anilines is 1. The van der Waals surface area contributed by atoms with Crippen LogP contribution in [0.2, 0.25) is 0 Å². The summed E-state index contributed by atoms with van der Waals surface area (Å²) in [5, 5.41) is 8.91. The lowest BCUT2D eigenvalue weighted by molar-refractivity contribution is -0.137. The third-order valence-electron chi connectivity index (χ3n) is 7.36. The summed E-state index contributed by atoms with van der Waals surface area (Å²) in [6, 6.07) is 14.2. The molecule has 1 fully saturated rings. The molecule has 3 aromatic rings. The highest BCUT2D eigenvalue weighted by Gasteiger charge is 2.31. The number of halogens is 3. The van der Waals surface area contributed by atoms with Crippen LogP contribution in [0.15, 0.2) is 65.1 Å². The van der Waals surface area contributed by atoms with Crippen LogP contribution in [0.1, 0.15) is 61.1 Å². The molecule has 0 aliphatic heterocycles. The van der Waals surface area contributed by atoms with Gasteiger partial charge in [-0.3, -0.25) is 9.59 Å². The molecule has 1 aromatic heterocycles. The zero-order valence-electron chi connectivity index (χ0n) is 23.1. The fourth-order valence-corrected chi connectivity index (χ4v) is 5.06. The van der Waals surface area contributed by atoms with E-state index in [9.17, 15) is 22.8 Å². The minimum Gasteiger partial charge on any atom is -0.497 e. The Morgan fingerprint density at radius 1 is 1.00 bits per heavy atom. The number of hydrogen-bond acceptors (Lipinski definition) is 5. The molecule has 1 aliphatic rings. The van der Waals surface area contributed by atoms with Crippen molar-refractivity contribution < 1.29 is 31.9 Å². The molecule has 0 spiro atoms. The number of carbonyl (C=O) groups excluding carboxylic acids is 2. The first-order valence-corrected chi connectivity index (χ1v) is 14.0. The molecule has 0 unspecified atom stereocenters. The van der Waals surface area contributed by atoms with Crippen molar-refractivity contribution in [3.63, 3.8) is 0 Å². The second-order valence-corrected chi connectivity index (χ2v) is 10.3. The van der Waals surface area contributed by atoms with Crippen molar-refractivity contribution in [2.24, 2.45) is 5.92 Å². The van der Waals surface area contributed by atoms with E-state index >= 15 is 0 Å². The maximum atomic E-state index is 13.1. The van der Waals surface area contributed by atoms with E-state index in [1.165, 1.54) is 43.5 Å². The maximum absolute atomic E-state index is 13.1. The van der Waals surface area contributed by atoms with E-state index in [1.807, 2.05) is 24.3 Å². The van der Waals surface area contributed by atoms with Crippen LogP contribution in [-0.2, 0) is 11.0 Å². The van der Waals surface area contributed by atoms with E-state index in [0.29, 0.717) is 25.4 Å². The Morgan fingerprint density at radius 2 is 1.76 bits per heavy atom. The van der Waals surface area contributed by atoms with Gasteiger partial charge in [0.05, 0.1) is 12.7 Å². The summed E-state index contributed by atoms with van der Waals surface area (Å²) in [5.41, 5.74) is 0.282. The summed E-state index contributed by atoms with van der Waals surface area (Å²) >= 11 is 0. The SMILES string of the molecule is COc1ccc(NCCNC(=O)[C@H](CCC2CCCCC2)NC(=O)c2ccc(-c3cccc(C(F)(F)F)c3)o2)cc1. The highest BCUT2D eigenvalue weighted by Crippen LogP contribution is 2.33. The molecule has 3 N–H and O–H groups in total. The summed E-state index contributed by atoms with van der Waals surface area (Å²) in [6.45, 7) is 0.834. The van der Waals surface area contributed by atoms with Gasteiger partial charge in [0.25, 0.3) is 5.91 Å². The van der Waals surface area contributed by atoms with E-state index in [-0.39, 0.29) is 23.0 Å². The van der Waals surface area contributed by atoms with Crippen LogP contribution < -0.4 is 20.7 Å². The monoisotopic (exact) mass is 571 g/mol. The molecular weight excluding hydrogens is 535 g/mol. The Morgan fingerprint density at radius 3 is 2.46 bits per heavy atom. The topological polar surface area (TPSA) is 92.6 Å². The molecule has 41 heavy (non-hydrogen) atoms. The fraction of sp³-hybridized carbons (Fsp3) is 0.419.